The first-order valence-electron chi connectivity index (χ1n) is 8.31. The lowest BCUT2D eigenvalue weighted by Gasteiger charge is -2.06. The second-order valence-electron chi connectivity index (χ2n) is 5.72. The molecular weight excluding hydrogens is 360 g/mol. The number of carbonyl (C=O) groups is 1. The van der Waals surface area contributed by atoms with Gasteiger partial charge in [0.1, 0.15) is 12.4 Å². The summed E-state index contributed by atoms with van der Waals surface area (Å²) in [5.41, 5.74) is 4.52. The maximum Gasteiger partial charge on any atom is 0.272 e. The second kappa shape index (κ2) is 9.04. The number of amides is 1. The number of nitrogens with zero attached hydrogens (tertiary/aromatic N) is 3. The van der Waals surface area contributed by atoms with E-state index in [1.54, 1.807) is 54.7 Å². The lowest BCUT2D eigenvalue weighted by atomic mass is 10.2. The average Bonchev–Trinajstić information content (AvgIpc) is 2.74. The Labute approximate surface area is 160 Å². The Balaban J connectivity index is 1.50. The highest BCUT2D eigenvalue weighted by Gasteiger charge is 2.04. The van der Waals surface area contributed by atoms with E-state index in [9.17, 15) is 14.9 Å². The van der Waals surface area contributed by atoms with Gasteiger partial charge in [0.05, 0.1) is 16.7 Å². The Bertz CT molecular complexity index is 971. The van der Waals surface area contributed by atoms with E-state index in [4.69, 9.17) is 4.74 Å². The van der Waals surface area contributed by atoms with Crippen LogP contribution in [0.3, 0.4) is 0 Å². The van der Waals surface area contributed by atoms with Crippen LogP contribution in [0.2, 0.25) is 0 Å². The number of hydrazone groups is 1. The number of nitro benzene ring substituents is 1. The van der Waals surface area contributed by atoms with Crippen molar-refractivity contribution >= 4 is 17.8 Å². The summed E-state index contributed by atoms with van der Waals surface area (Å²) in [5, 5.41) is 14.6. The van der Waals surface area contributed by atoms with E-state index < -0.39 is 4.92 Å². The maximum absolute atomic E-state index is 11.8. The van der Waals surface area contributed by atoms with Crippen LogP contribution in [0.25, 0.3) is 0 Å². The Hall–Kier alpha value is -4.07. The van der Waals surface area contributed by atoms with Gasteiger partial charge in [-0.2, -0.15) is 5.10 Å². The largest absolute Gasteiger partial charge is 0.489 e. The van der Waals surface area contributed by atoms with Gasteiger partial charge in [-0.25, -0.2) is 5.43 Å². The number of carbonyl (C=O) groups excluding carboxylic acids is 1. The smallest absolute Gasteiger partial charge is 0.272 e. The number of benzene rings is 2. The van der Waals surface area contributed by atoms with Gasteiger partial charge in [-0.15, -0.1) is 0 Å². The summed E-state index contributed by atoms with van der Waals surface area (Å²) in [6.07, 6.45) is 4.57. The van der Waals surface area contributed by atoms with E-state index in [0.717, 1.165) is 11.1 Å². The number of rotatable bonds is 7. The van der Waals surface area contributed by atoms with Gasteiger partial charge in [0.2, 0.25) is 0 Å². The molecule has 0 aliphatic rings. The zero-order chi connectivity index (χ0) is 19.8. The highest BCUT2D eigenvalue weighted by molar-refractivity contribution is 5.94. The van der Waals surface area contributed by atoms with Crippen LogP contribution < -0.4 is 10.2 Å². The highest BCUT2D eigenvalue weighted by Crippen LogP contribution is 2.16. The standard InChI is InChI=1S/C20H16N4O4/c25-20(17-2-1-11-21-13-17)23-22-12-15-5-9-19(10-6-15)28-14-16-3-7-18(8-4-16)24(26)27/h1-13H,14H2,(H,23,25)/b22-12-. The van der Waals surface area contributed by atoms with Crippen molar-refractivity contribution < 1.29 is 14.5 Å². The molecule has 140 valence electrons. The summed E-state index contributed by atoms with van der Waals surface area (Å²) in [5.74, 6) is 0.308. The van der Waals surface area contributed by atoms with Gasteiger partial charge >= 0.3 is 0 Å². The van der Waals surface area contributed by atoms with Crippen molar-refractivity contribution in [2.45, 2.75) is 6.61 Å². The quantitative estimate of drug-likeness (QED) is 0.387. The van der Waals surface area contributed by atoms with Crippen LogP contribution in [-0.4, -0.2) is 22.0 Å². The highest BCUT2D eigenvalue weighted by atomic mass is 16.6. The third-order valence-electron chi connectivity index (χ3n) is 3.74. The molecule has 28 heavy (non-hydrogen) atoms. The monoisotopic (exact) mass is 376 g/mol. The fraction of sp³-hybridized carbons (Fsp3) is 0.0500. The molecule has 0 fully saturated rings. The van der Waals surface area contributed by atoms with Gasteiger partial charge < -0.3 is 4.74 Å². The Morgan fingerprint density at radius 3 is 2.54 bits per heavy atom. The summed E-state index contributed by atoms with van der Waals surface area (Å²) in [6.45, 7) is 0.298. The van der Waals surface area contributed by atoms with E-state index >= 15 is 0 Å². The topological polar surface area (TPSA) is 107 Å². The normalized spacial score (nSPS) is 10.6. The maximum atomic E-state index is 11.8. The Morgan fingerprint density at radius 2 is 1.89 bits per heavy atom. The van der Waals surface area contributed by atoms with Crippen molar-refractivity contribution in [2.75, 3.05) is 0 Å². The summed E-state index contributed by atoms with van der Waals surface area (Å²) < 4.78 is 5.66. The average molecular weight is 376 g/mol. The first-order valence-corrected chi connectivity index (χ1v) is 8.31. The van der Waals surface area contributed by atoms with Crippen molar-refractivity contribution in [3.05, 3.63) is 99.9 Å². The van der Waals surface area contributed by atoms with Crippen LogP contribution in [0.5, 0.6) is 5.75 Å². The number of hydrogen-bond acceptors (Lipinski definition) is 6. The lowest BCUT2D eigenvalue weighted by Crippen LogP contribution is -2.17. The molecule has 3 rings (SSSR count). The minimum Gasteiger partial charge on any atom is -0.489 e. The van der Waals surface area contributed by atoms with Crippen molar-refractivity contribution in [3.8, 4) is 5.75 Å². The Morgan fingerprint density at radius 1 is 1.14 bits per heavy atom. The molecule has 1 amide bonds. The molecule has 0 unspecified atom stereocenters. The summed E-state index contributed by atoms with van der Waals surface area (Å²) >= 11 is 0. The van der Waals surface area contributed by atoms with E-state index in [1.165, 1.54) is 24.5 Å². The minimum atomic E-state index is -0.440. The van der Waals surface area contributed by atoms with Crippen LogP contribution in [0.1, 0.15) is 21.5 Å². The van der Waals surface area contributed by atoms with Crippen molar-refractivity contribution in [3.63, 3.8) is 0 Å². The first-order chi connectivity index (χ1) is 13.6. The van der Waals surface area contributed by atoms with Gasteiger partial charge in [-0.3, -0.25) is 19.9 Å². The lowest BCUT2D eigenvalue weighted by molar-refractivity contribution is -0.384. The van der Waals surface area contributed by atoms with Gasteiger partial charge in [-0.1, -0.05) is 0 Å². The third-order valence-corrected chi connectivity index (χ3v) is 3.74. The van der Waals surface area contributed by atoms with Gasteiger partial charge in [0.15, 0.2) is 0 Å². The molecule has 0 saturated heterocycles. The number of aromatic nitrogens is 1. The molecule has 1 aromatic heterocycles. The molecule has 0 saturated carbocycles. The zero-order valence-corrected chi connectivity index (χ0v) is 14.7. The first kappa shape index (κ1) is 18.7. The molecule has 1 heterocycles. The molecule has 2 aromatic carbocycles. The van der Waals surface area contributed by atoms with E-state index in [1.807, 2.05) is 0 Å². The number of nitro groups is 1. The van der Waals surface area contributed by atoms with Crippen molar-refractivity contribution in [1.82, 2.24) is 10.4 Å². The molecule has 0 spiro atoms. The molecule has 0 aliphatic carbocycles. The van der Waals surface area contributed by atoms with Crippen LogP contribution in [0.4, 0.5) is 5.69 Å². The predicted molar refractivity (Wildman–Crippen MR) is 103 cm³/mol. The summed E-state index contributed by atoms with van der Waals surface area (Å²) in [6, 6.07) is 16.7. The number of nitrogens with one attached hydrogen (secondary N) is 1. The predicted octanol–water partition coefficient (Wildman–Crippen LogP) is 3.33. The molecule has 1 N–H and O–H groups in total. The van der Waals surface area contributed by atoms with Crippen LogP contribution in [0, 0.1) is 10.1 Å². The molecule has 8 nitrogen and oxygen atoms in total. The number of non-ortho nitro benzene ring substituents is 1. The number of ether oxygens (including phenoxy) is 1. The van der Waals surface area contributed by atoms with Crippen LogP contribution >= 0.6 is 0 Å². The molecule has 0 bridgehead atoms. The SMILES string of the molecule is O=C(N/N=C\c1ccc(OCc2ccc([N+](=O)[O-])cc2)cc1)c1cccnc1. The number of pyridine rings is 1. The minimum absolute atomic E-state index is 0.0445. The summed E-state index contributed by atoms with van der Waals surface area (Å²) in [4.78, 5) is 25.9. The molecule has 0 aliphatic heterocycles. The zero-order valence-electron chi connectivity index (χ0n) is 14.7. The van der Waals surface area contributed by atoms with Crippen LogP contribution in [-0.2, 0) is 6.61 Å². The van der Waals surface area contributed by atoms with E-state index in [-0.39, 0.29) is 11.6 Å². The molecule has 3 aromatic rings. The Kier molecular flexibility index (Phi) is 6.04. The fourth-order valence-corrected chi connectivity index (χ4v) is 2.26. The third kappa shape index (κ3) is 5.21. The van der Waals surface area contributed by atoms with Gasteiger partial charge in [0, 0.05) is 24.5 Å². The molecule has 0 radical (unpaired) electrons. The molecule has 0 atom stereocenters. The fourth-order valence-electron chi connectivity index (χ4n) is 2.26. The van der Waals surface area contributed by atoms with Crippen molar-refractivity contribution in [1.29, 1.82) is 0 Å². The van der Waals surface area contributed by atoms with Crippen LogP contribution in [0.15, 0.2) is 78.2 Å². The van der Waals surface area contributed by atoms with Gasteiger partial charge in [0.25, 0.3) is 11.6 Å². The van der Waals surface area contributed by atoms with Crippen molar-refractivity contribution in [2.24, 2.45) is 5.10 Å². The van der Waals surface area contributed by atoms with E-state index in [2.05, 4.69) is 15.5 Å². The van der Waals surface area contributed by atoms with E-state index in [0.29, 0.717) is 17.9 Å². The summed E-state index contributed by atoms with van der Waals surface area (Å²) in [7, 11) is 0. The number of hydrogen-bond donors (Lipinski definition) is 1. The molecular formula is C20H16N4O4. The molecule has 8 heteroatoms. The van der Waals surface area contributed by atoms with Gasteiger partial charge in [-0.05, 0) is 59.7 Å². The second-order valence-corrected chi connectivity index (χ2v) is 5.72.